The number of piperazine rings is 1. The minimum Gasteiger partial charge on any atom is -0.493 e. The van der Waals surface area contributed by atoms with E-state index in [1.54, 1.807) is 33.2 Å². The lowest BCUT2D eigenvalue weighted by atomic mass is 10.0. The van der Waals surface area contributed by atoms with Crippen molar-refractivity contribution in [2.75, 3.05) is 54.1 Å². The molecule has 0 aromatic heterocycles. The zero-order valence-electron chi connectivity index (χ0n) is 22.6. The Bertz CT molecular complexity index is 961. The van der Waals surface area contributed by atoms with Gasteiger partial charge in [0.25, 0.3) is 5.91 Å². The first-order chi connectivity index (χ1) is 17.7. The molecule has 3 atom stereocenters. The van der Waals surface area contributed by atoms with E-state index in [2.05, 4.69) is 10.2 Å². The number of rotatable bonds is 12. The molecule has 37 heavy (non-hydrogen) atoms. The zero-order chi connectivity index (χ0) is 27.1. The van der Waals surface area contributed by atoms with Crippen LogP contribution >= 0.6 is 0 Å². The molecule has 2 aliphatic rings. The third kappa shape index (κ3) is 7.04. The van der Waals surface area contributed by atoms with Gasteiger partial charge in [-0.15, -0.1) is 0 Å². The van der Waals surface area contributed by atoms with Crippen molar-refractivity contribution in [2.45, 2.75) is 52.0 Å². The van der Waals surface area contributed by atoms with Crippen molar-refractivity contribution in [1.82, 2.24) is 15.1 Å². The van der Waals surface area contributed by atoms with Gasteiger partial charge in [-0.25, -0.2) is 4.79 Å². The van der Waals surface area contributed by atoms with Gasteiger partial charge in [0, 0.05) is 38.3 Å². The maximum Gasteiger partial charge on any atom is 0.338 e. The summed E-state index contributed by atoms with van der Waals surface area (Å²) in [6.45, 7) is 8.93. The van der Waals surface area contributed by atoms with Crippen LogP contribution in [0.3, 0.4) is 0 Å². The van der Waals surface area contributed by atoms with E-state index in [0.717, 1.165) is 5.56 Å². The van der Waals surface area contributed by atoms with Gasteiger partial charge >= 0.3 is 5.97 Å². The van der Waals surface area contributed by atoms with Crippen LogP contribution in [0.5, 0.6) is 17.2 Å². The number of hydrogen-bond acceptors (Lipinski definition) is 9. The summed E-state index contributed by atoms with van der Waals surface area (Å²) in [5.74, 6) is 0.819. The van der Waals surface area contributed by atoms with E-state index in [-0.39, 0.29) is 18.4 Å². The van der Waals surface area contributed by atoms with Gasteiger partial charge in [0.05, 0.1) is 27.9 Å². The molecule has 1 aromatic rings. The minimum absolute atomic E-state index is 0.126. The van der Waals surface area contributed by atoms with E-state index < -0.39 is 30.1 Å². The highest BCUT2D eigenvalue weighted by molar-refractivity contribution is 5.95. The molecule has 2 amide bonds. The van der Waals surface area contributed by atoms with Gasteiger partial charge in [-0.05, 0) is 25.3 Å². The number of nitrogens with zero attached hydrogens (tertiary/aromatic N) is 2. The molecule has 1 aromatic carbocycles. The molecule has 0 radical (unpaired) electrons. The highest BCUT2D eigenvalue weighted by atomic mass is 16.6. The Balaban J connectivity index is 1.58. The van der Waals surface area contributed by atoms with Crippen molar-refractivity contribution in [3.63, 3.8) is 0 Å². The van der Waals surface area contributed by atoms with Crippen molar-refractivity contribution in [1.29, 1.82) is 0 Å². The minimum atomic E-state index is -0.908. The van der Waals surface area contributed by atoms with Crippen LogP contribution in [0, 0.1) is 5.92 Å². The summed E-state index contributed by atoms with van der Waals surface area (Å²) >= 11 is 0. The molecule has 2 fully saturated rings. The Morgan fingerprint density at radius 3 is 2.24 bits per heavy atom. The zero-order valence-corrected chi connectivity index (χ0v) is 22.6. The Morgan fingerprint density at radius 2 is 1.68 bits per heavy atom. The second-order valence-corrected chi connectivity index (χ2v) is 9.51. The number of carbonyl (C=O) groups excluding carboxylic acids is 3. The van der Waals surface area contributed by atoms with Crippen molar-refractivity contribution in [3.8, 4) is 17.2 Å². The van der Waals surface area contributed by atoms with Crippen LogP contribution in [0.2, 0.25) is 0 Å². The number of nitrogens with one attached hydrogen (secondary N) is 1. The fourth-order valence-corrected chi connectivity index (χ4v) is 4.54. The Kier molecular flexibility index (Phi) is 9.99. The van der Waals surface area contributed by atoms with Crippen molar-refractivity contribution >= 4 is 17.8 Å². The fourth-order valence-electron chi connectivity index (χ4n) is 4.54. The normalized spacial score (nSPS) is 20.2. The first kappa shape index (κ1) is 28.5. The van der Waals surface area contributed by atoms with E-state index in [9.17, 15) is 14.4 Å². The topological polar surface area (TPSA) is 119 Å². The molecule has 0 spiro atoms. The number of methoxy groups -OCH3 is 3. The van der Waals surface area contributed by atoms with Crippen LogP contribution in [0.25, 0.3) is 0 Å². The number of hydrogen-bond donors (Lipinski definition) is 1. The maximum absolute atomic E-state index is 13.4. The van der Waals surface area contributed by atoms with Gasteiger partial charge in [-0.1, -0.05) is 19.9 Å². The molecule has 1 N–H and O–H groups in total. The Labute approximate surface area is 218 Å². The van der Waals surface area contributed by atoms with E-state index in [4.69, 9.17) is 23.7 Å². The van der Waals surface area contributed by atoms with Crippen molar-refractivity contribution < 1.29 is 38.1 Å². The number of esters is 1. The van der Waals surface area contributed by atoms with E-state index in [1.165, 1.54) is 0 Å². The van der Waals surface area contributed by atoms with E-state index in [1.807, 2.05) is 26.0 Å². The maximum atomic E-state index is 13.4. The molecule has 0 bridgehead atoms. The predicted octanol–water partition coefficient (Wildman–Crippen LogP) is 1.22. The van der Waals surface area contributed by atoms with Crippen molar-refractivity contribution in [3.05, 3.63) is 17.7 Å². The van der Waals surface area contributed by atoms with Crippen LogP contribution in [-0.4, -0.2) is 99.9 Å². The number of benzene rings is 1. The first-order valence-corrected chi connectivity index (χ1v) is 12.6. The van der Waals surface area contributed by atoms with Gasteiger partial charge in [0.1, 0.15) is 6.04 Å². The van der Waals surface area contributed by atoms with Crippen LogP contribution in [-0.2, 0) is 30.4 Å². The quantitative estimate of drug-likeness (QED) is 0.320. The molecule has 2 aliphatic heterocycles. The molecule has 11 heteroatoms. The third-order valence-corrected chi connectivity index (χ3v) is 6.45. The van der Waals surface area contributed by atoms with Gasteiger partial charge < -0.3 is 33.9 Å². The van der Waals surface area contributed by atoms with Gasteiger partial charge in [-0.3, -0.25) is 14.5 Å². The van der Waals surface area contributed by atoms with Gasteiger partial charge in [0.15, 0.2) is 23.7 Å². The summed E-state index contributed by atoms with van der Waals surface area (Å²) in [4.78, 5) is 41.9. The lowest BCUT2D eigenvalue weighted by molar-refractivity contribution is -0.144. The Morgan fingerprint density at radius 1 is 1.00 bits per heavy atom. The largest absolute Gasteiger partial charge is 0.493 e. The number of amides is 2. The molecule has 0 saturated carbocycles. The molecule has 0 aliphatic carbocycles. The average molecular weight is 522 g/mol. The Hall–Kier alpha value is -3.05. The molecular formula is C26H39N3O8. The summed E-state index contributed by atoms with van der Waals surface area (Å²) in [5.41, 5.74) is 0.963. The van der Waals surface area contributed by atoms with Crippen LogP contribution in [0.15, 0.2) is 12.1 Å². The molecule has 2 saturated heterocycles. The standard InChI is InChI=1S/C26H39N3O8/c1-7-36-26(32)23-22(37-23)24(30)27-18(14-16(2)3)25(31)29-12-10-28(11-13-29)15-17-8-9-19(33-4)21(35-6)20(17)34-5/h8-9,16,18,22-23H,7,10-15H2,1-6H3,(H,27,30)/t18?,22-,23-/m0/s1. The summed E-state index contributed by atoms with van der Waals surface area (Å²) < 4.78 is 26.6. The molecular weight excluding hydrogens is 482 g/mol. The van der Waals surface area contributed by atoms with E-state index in [0.29, 0.717) is 56.4 Å². The first-order valence-electron chi connectivity index (χ1n) is 12.6. The SMILES string of the molecule is CCOC(=O)[C@H]1O[C@@H]1C(=O)NC(CC(C)C)C(=O)N1CCN(Cc2ccc(OC)c(OC)c2OC)CC1. The second kappa shape index (κ2) is 13.0. The smallest absolute Gasteiger partial charge is 0.338 e. The van der Waals surface area contributed by atoms with Gasteiger partial charge in [-0.2, -0.15) is 0 Å². The average Bonchev–Trinajstić information content (AvgIpc) is 3.69. The summed E-state index contributed by atoms with van der Waals surface area (Å²) in [7, 11) is 4.76. The second-order valence-electron chi connectivity index (χ2n) is 9.51. The fraction of sp³-hybridized carbons (Fsp3) is 0.654. The summed E-state index contributed by atoms with van der Waals surface area (Å²) in [5, 5.41) is 2.81. The van der Waals surface area contributed by atoms with Crippen LogP contribution < -0.4 is 19.5 Å². The van der Waals surface area contributed by atoms with Crippen LogP contribution in [0.4, 0.5) is 0 Å². The number of ether oxygens (including phenoxy) is 5. The molecule has 3 rings (SSSR count). The molecule has 1 unspecified atom stereocenters. The number of epoxide rings is 1. The van der Waals surface area contributed by atoms with Gasteiger partial charge in [0.2, 0.25) is 11.7 Å². The molecule has 11 nitrogen and oxygen atoms in total. The predicted molar refractivity (Wildman–Crippen MR) is 135 cm³/mol. The highest BCUT2D eigenvalue weighted by Crippen LogP contribution is 2.40. The lowest BCUT2D eigenvalue weighted by Crippen LogP contribution is -2.55. The monoisotopic (exact) mass is 521 g/mol. The third-order valence-electron chi connectivity index (χ3n) is 6.45. The van der Waals surface area contributed by atoms with E-state index >= 15 is 0 Å². The van der Waals surface area contributed by atoms with Crippen molar-refractivity contribution in [2.24, 2.45) is 5.92 Å². The highest BCUT2D eigenvalue weighted by Gasteiger charge is 2.52. The summed E-state index contributed by atoms with van der Waals surface area (Å²) in [6, 6.07) is 3.12. The number of carbonyl (C=O) groups is 3. The molecule has 2 heterocycles. The summed E-state index contributed by atoms with van der Waals surface area (Å²) in [6.07, 6.45) is -1.31. The lowest BCUT2D eigenvalue weighted by Gasteiger charge is -2.37. The van der Waals surface area contributed by atoms with Crippen LogP contribution in [0.1, 0.15) is 32.8 Å². The molecule has 206 valence electrons.